The van der Waals surface area contributed by atoms with Crippen LogP contribution in [0.4, 0.5) is 4.79 Å². The molecule has 0 atom stereocenters. The second-order valence-electron chi connectivity index (χ2n) is 4.54. The number of hydrogen-bond acceptors (Lipinski definition) is 4. The fraction of sp³-hybridized carbons (Fsp3) is 0.312. The van der Waals surface area contributed by atoms with E-state index in [1.807, 2.05) is 35.7 Å². The molecule has 0 bridgehead atoms. The molecule has 2 N–H and O–H groups in total. The van der Waals surface area contributed by atoms with E-state index in [0.717, 1.165) is 17.9 Å². The third-order valence-electron chi connectivity index (χ3n) is 2.95. The van der Waals surface area contributed by atoms with Crippen molar-refractivity contribution >= 4 is 17.4 Å². The van der Waals surface area contributed by atoms with Crippen molar-refractivity contribution in [1.29, 1.82) is 0 Å². The van der Waals surface area contributed by atoms with Gasteiger partial charge in [0.05, 0.1) is 13.7 Å². The van der Waals surface area contributed by atoms with E-state index in [1.165, 1.54) is 4.88 Å². The molecule has 2 amide bonds. The monoisotopic (exact) mass is 320 g/mol. The fourth-order valence-electron chi connectivity index (χ4n) is 1.82. The third-order valence-corrected chi connectivity index (χ3v) is 3.89. The van der Waals surface area contributed by atoms with E-state index >= 15 is 0 Å². The van der Waals surface area contributed by atoms with Crippen LogP contribution in [0, 0.1) is 0 Å². The highest BCUT2D eigenvalue weighted by Gasteiger charge is 2.00. The first-order valence-corrected chi connectivity index (χ1v) is 7.97. The minimum Gasteiger partial charge on any atom is -0.497 e. The van der Waals surface area contributed by atoms with Crippen molar-refractivity contribution in [2.75, 3.05) is 26.8 Å². The Morgan fingerprint density at radius 1 is 1.09 bits per heavy atom. The molecule has 2 rings (SSSR count). The molecular formula is C16H20N2O3S. The van der Waals surface area contributed by atoms with Gasteiger partial charge in [-0.2, -0.15) is 0 Å². The minimum absolute atomic E-state index is 0.171. The van der Waals surface area contributed by atoms with Gasteiger partial charge in [-0.1, -0.05) is 6.07 Å². The van der Waals surface area contributed by atoms with Crippen molar-refractivity contribution in [3.8, 4) is 11.5 Å². The molecule has 1 aromatic heterocycles. The first-order chi connectivity index (χ1) is 10.8. The van der Waals surface area contributed by atoms with Gasteiger partial charge in [-0.15, -0.1) is 11.3 Å². The van der Waals surface area contributed by atoms with Crippen molar-refractivity contribution in [3.63, 3.8) is 0 Å². The molecule has 1 aromatic carbocycles. The van der Waals surface area contributed by atoms with Crippen molar-refractivity contribution < 1.29 is 14.3 Å². The van der Waals surface area contributed by atoms with E-state index in [1.54, 1.807) is 18.4 Å². The van der Waals surface area contributed by atoms with Crippen LogP contribution in [0.15, 0.2) is 41.8 Å². The largest absolute Gasteiger partial charge is 0.497 e. The Hall–Kier alpha value is -2.21. The molecule has 0 saturated heterocycles. The average molecular weight is 320 g/mol. The number of methoxy groups -OCH3 is 1. The maximum Gasteiger partial charge on any atom is 0.314 e. The van der Waals surface area contributed by atoms with Crippen molar-refractivity contribution in [3.05, 3.63) is 46.7 Å². The van der Waals surface area contributed by atoms with Gasteiger partial charge in [-0.05, 0) is 42.1 Å². The molecule has 0 unspecified atom stereocenters. The van der Waals surface area contributed by atoms with Gasteiger partial charge >= 0.3 is 6.03 Å². The van der Waals surface area contributed by atoms with Crippen LogP contribution in [0.25, 0.3) is 0 Å². The maximum absolute atomic E-state index is 11.6. The molecule has 0 spiro atoms. The van der Waals surface area contributed by atoms with E-state index in [4.69, 9.17) is 9.47 Å². The second-order valence-corrected chi connectivity index (χ2v) is 5.57. The summed E-state index contributed by atoms with van der Waals surface area (Å²) in [5.74, 6) is 1.54. The predicted molar refractivity (Wildman–Crippen MR) is 87.9 cm³/mol. The number of benzene rings is 1. The number of hydrogen-bond donors (Lipinski definition) is 2. The molecule has 0 radical (unpaired) electrons. The summed E-state index contributed by atoms with van der Waals surface area (Å²) in [4.78, 5) is 12.8. The van der Waals surface area contributed by atoms with Crippen LogP contribution in [0.2, 0.25) is 0 Å². The van der Waals surface area contributed by atoms with Gasteiger partial charge in [0.15, 0.2) is 0 Å². The molecule has 6 heteroatoms. The molecule has 22 heavy (non-hydrogen) atoms. The Kier molecular flexibility index (Phi) is 6.57. The summed E-state index contributed by atoms with van der Waals surface area (Å²) in [6, 6.07) is 11.2. The Balaban J connectivity index is 1.54. The van der Waals surface area contributed by atoms with E-state index in [2.05, 4.69) is 16.7 Å². The van der Waals surface area contributed by atoms with E-state index in [9.17, 15) is 4.79 Å². The van der Waals surface area contributed by atoms with Crippen molar-refractivity contribution in [2.45, 2.75) is 6.42 Å². The number of nitrogens with one attached hydrogen (secondary N) is 2. The zero-order chi connectivity index (χ0) is 15.6. The number of carbonyl (C=O) groups is 1. The van der Waals surface area contributed by atoms with Crippen LogP contribution in [0.1, 0.15) is 4.88 Å². The van der Waals surface area contributed by atoms with Crippen LogP contribution >= 0.6 is 11.3 Å². The van der Waals surface area contributed by atoms with Crippen LogP contribution in [0.5, 0.6) is 11.5 Å². The van der Waals surface area contributed by atoms with E-state index < -0.39 is 0 Å². The molecule has 5 nitrogen and oxygen atoms in total. The molecule has 1 heterocycles. The number of ether oxygens (including phenoxy) is 2. The smallest absolute Gasteiger partial charge is 0.314 e. The molecule has 118 valence electrons. The lowest BCUT2D eigenvalue weighted by molar-refractivity contribution is 0.236. The van der Waals surface area contributed by atoms with Crippen molar-refractivity contribution in [1.82, 2.24) is 10.6 Å². The molecule has 0 fully saturated rings. The quantitative estimate of drug-likeness (QED) is 0.735. The average Bonchev–Trinajstić information content (AvgIpc) is 3.05. The van der Waals surface area contributed by atoms with Gasteiger partial charge < -0.3 is 20.1 Å². The number of rotatable bonds is 8. The fourth-order valence-corrected chi connectivity index (χ4v) is 2.53. The van der Waals surface area contributed by atoms with Gasteiger partial charge in [0.2, 0.25) is 0 Å². The standard InChI is InChI=1S/C16H20N2O3S/c1-20-13-4-6-14(7-5-13)21-11-10-18-16(19)17-9-8-15-3-2-12-22-15/h2-7,12H,8-11H2,1H3,(H2,17,18,19). The first kappa shape index (κ1) is 16.2. The second kappa shape index (κ2) is 8.94. The zero-order valence-electron chi connectivity index (χ0n) is 12.5. The molecule has 2 aromatic rings. The minimum atomic E-state index is -0.171. The van der Waals surface area contributed by atoms with Crippen molar-refractivity contribution in [2.24, 2.45) is 0 Å². The molecular weight excluding hydrogens is 300 g/mol. The summed E-state index contributed by atoms with van der Waals surface area (Å²) in [7, 11) is 1.62. The Morgan fingerprint density at radius 2 is 1.82 bits per heavy atom. The van der Waals surface area contributed by atoms with Gasteiger partial charge in [0.25, 0.3) is 0 Å². The maximum atomic E-state index is 11.6. The van der Waals surface area contributed by atoms with Crippen LogP contribution < -0.4 is 20.1 Å². The summed E-state index contributed by atoms with van der Waals surface area (Å²) in [5.41, 5.74) is 0. The highest BCUT2D eigenvalue weighted by Crippen LogP contribution is 2.16. The lowest BCUT2D eigenvalue weighted by Gasteiger charge is -2.09. The number of urea groups is 1. The summed E-state index contributed by atoms with van der Waals surface area (Å²) in [6.45, 7) is 1.51. The SMILES string of the molecule is COc1ccc(OCCNC(=O)NCCc2cccs2)cc1. The van der Waals surface area contributed by atoms with E-state index in [-0.39, 0.29) is 6.03 Å². The molecule has 0 aliphatic carbocycles. The Morgan fingerprint density at radius 3 is 2.50 bits per heavy atom. The van der Waals surface area contributed by atoms with E-state index in [0.29, 0.717) is 19.7 Å². The zero-order valence-corrected chi connectivity index (χ0v) is 13.3. The topological polar surface area (TPSA) is 59.6 Å². The third kappa shape index (κ3) is 5.65. The molecule has 0 aliphatic rings. The number of carbonyl (C=O) groups excluding carboxylic acids is 1. The van der Waals surface area contributed by atoms with Gasteiger partial charge in [-0.3, -0.25) is 0 Å². The number of thiophene rings is 1. The summed E-state index contributed by atoms with van der Waals surface area (Å²) < 4.78 is 10.6. The lowest BCUT2D eigenvalue weighted by atomic mass is 10.3. The normalized spacial score (nSPS) is 10.0. The van der Waals surface area contributed by atoms with Gasteiger partial charge in [-0.25, -0.2) is 4.79 Å². The molecule has 0 saturated carbocycles. The first-order valence-electron chi connectivity index (χ1n) is 7.09. The van der Waals surface area contributed by atoms with Gasteiger partial charge in [0.1, 0.15) is 18.1 Å². The summed E-state index contributed by atoms with van der Waals surface area (Å²) in [6.07, 6.45) is 0.855. The Bertz CT molecular complexity index is 555. The van der Waals surface area contributed by atoms with Crippen LogP contribution in [-0.4, -0.2) is 32.8 Å². The molecule has 0 aliphatic heterocycles. The predicted octanol–water partition coefficient (Wildman–Crippen LogP) is 2.68. The highest BCUT2D eigenvalue weighted by atomic mass is 32.1. The Labute approximate surface area is 134 Å². The van der Waals surface area contributed by atoms with Crippen LogP contribution in [0.3, 0.4) is 0 Å². The summed E-state index contributed by atoms with van der Waals surface area (Å²) in [5, 5.41) is 7.61. The number of amides is 2. The highest BCUT2D eigenvalue weighted by molar-refractivity contribution is 7.09. The van der Waals surface area contributed by atoms with Crippen LogP contribution in [-0.2, 0) is 6.42 Å². The van der Waals surface area contributed by atoms with Gasteiger partial charge in [0, 0.05) is 11.4 Å². The lowest BCUT2D eigenvalue weighted by Crippen LogP contribution is -2.38. The summed E-state index contributed by atoms with van der Waals surface area (Å²) >= 11 is 1.70.